The number of nitrogens with zero attached hydrogens (tertiary/aromatic N) is 5. The molecule has 1 atom stereocenters. The van der Waals surface area contributed by atoms with Crippen molar-refractivity contribution in [3.05, 3.63) is 24.0 Å². The summed E-state index contributed by atoms with van der Waals surface area (Å²) in [6.07, 6.45) is 4.26. The lowest BCUT2D eigenvalue weighted by Crippen LogP contribution is -2.22. The normalized spacial score (nSPS) is 12.9. The van der Waals surface area contributed by atoms with Crippen LogP contribution in [0.4, 0.5) is 0 Å². The molecule has 7 nitrogen and oxygen atoms in total. The van der Waals surface area contributed by atoms with Crippen LogP contribution in [0.1, 0.15) is 30.9 Å². The molecule has 0 fully saturated rings. The molecular weight excluding hydrogens is 206 g/mol. The van der Waals surface area contributed by atoms with Gasteiger partial charge in [-0.15, -0.1) is 5.10 Å². The van der Waals surface area contributed by atoms with Gasteiger partial charge in [0, 0.05) is 6.54 Å². The van der Waals surface area contributed by atoms with E-state index in [1.165, 1.54) is 6.33 Å². The summed E-state index contributed by atoms with van der Waals surface area (Å²) in [7, 11) is 1.87. The average molecular weight is 221 g/mol. The number of hydrogen-bond acceptors (Lipinski definition) is 5. The molecule has 0 aliphatic rings. The number of aromatic amines is 1. The Morgan fingerprint density at radius 3 is 3.06 bits per heavy atom. The van der Waals surface area contributed by atoms with Crippen LogP contribution in [0.2, 0.25) is 0 Å². The van der Waals surface area contributed by atoms with Crippen molar-refractivity contribution in [3.8, 4) is 0 Å². The van der Waals surface area contributed by atoms with Gasteiger partial charge in [0.15, 0.2) is 0 Å². The molecule has 0 saturated heterocycles. The number of aryl methyl sites for hydroxylation is 1. The molecule has 1 unspecified atom stereocenters. The predicted octanol–water partition coefficient (Wildman–Crippen LogP) is 0.115. The first-order valence-electron chi connectivity index (χ1n) is 5.27. The first-order valence-corrected chi connectivity index (χ1v) is 5.27. The zero-order chi connectivity index (χ0) is 11.4. The van der Waals surface area contributed by atoms with Crippen LogP contribution in [0, 0.1) is 0 Å². The SMILES string of the molecule is CCCn1nncc1C(NC)c1ncn[nH]1. The Labute approximate surface area is 93.3 Å². The van der Waals surface area contributed by atoms with E-state index in [1.807, 2.05) is 11.7 Å². The van der Waals surface area contributed by atoms with Crippen molar-refractivity contribution in [2.45, 2.75) is 25.9 Å². The van der Waals surface area contributed by atoms with E-state index in [4.69, 9.17) is 0 Å². The van der Waals surface area contributed by atoms with Crippen molar-refractivity contribution >= 4 is 0 Å². The molecule has 0 aliphatic heterocycles. The number of rotatable bonds is 5. The molecule has 2 aromatic rings. The molecule has 86 valence electrons. The molecule has 16 heavy (non-hydrogen) atoms. The van der Waals surface area contributed by atoms with E-state index in [1.54, 1.807) is 6.20 Å². The van der Waals surface area contributed by atoms with Crippen LogP contribution < -0.4 is 5.32 Å². The Bertz CT molecular complexity index is 419. The molecule has 0 saturated carbocycles. The average Bonchev–Trinajstić information content (AvgIpc) is 2.92. The number of aromatic nitrogens is 6. The van der Waals surface area contributed by atoms with Crippen molar-refractivity contribution in [1.82, 2.24) is 35.5 Å². The maximum atomic E-state index is 4.15. The summed E-state index contributed by atoms with van der Waals surface area (Å²) in [6.45, 7) is 2.95. The minimum atomic E-state index is -0.0518. The largest absolute Gasteiger partial charge is 0.305 e. The second kappa shape index (κ2) is 4.84. The number of hydrogen-bond donors (Lipinski definition) is 2. The summed E-state index contributed by atoms with van der Waals surface area (Å²) in [5.74, 6) is 0.766. The quantitative estimate of drug-likeness (QED) is 0.749. The van der Waals surface area contributed by atoms with Crippen LogP contribution in [0.3, 0.4) is 0 Å². The third kappa shape index (κ3) is 1.94. The number of nitrogens with one attached hydrogen (secondary N) is 2. The van der Waals surface area contributed by atoms with Crippen LogP contribution in [-0.2, 0) is 6.54 Å². The van der Waals surface area contributed by atoms with Crippen LogP contribution in [0.25, 0.3) is 0 Å². The van der Waals surface area contributed by atoms with Crippen molar-refractivity contribution in [2.75, 3.05) is 7.05 Å². The fourth-order valence-electron chi connectivity index (χ4n) is 1.65. The molecule has 0 aromatic carbocycles. The second-order valence-corrected chi connectivity index (χ2v) is 3.47. The highest BCUT2D eigenvalue weighted by Gasteiger charge is 2.19. The van der Waals surface area contributed by atoms with Gasteiger partial charge in [-0.1, -0.05) is 12.1 Å². The minimum absolute atomic E-state index is 0.0518. The molecular formula is C9H15N7. The molecule has 2 rings (SSSR count). The Morgan fingerprint density at radius 2 is 2.44 bits per heavy atom. The van der Waals surface area contributed by atoms with E-state index in [0.717, 1.165) is 24.5 Å². The van der Waals surface area contributed by atoms with Crippen molar-refractivity contribution in [1.29, 1.82) is 0 Å². The van der Waals surface area contributed by atoms with Crippen LogP contribution in [0.5, 0.6) is 0 Å². The van der Waals surface area contributed by atoms with Crippen LogP contribution >= 0.6 is 0 Å². The molecule has 0 amide bonds. The first kappa shape index (κ1) is 10.7. The third-order valence-corrected chi connectivity index (χ3v) is 2.37. The summed E-state index contributed by atoms with van der Waals surface area (Å²) < 4.78 is 1.88. The molecule has 0 spiro atoms. The molecule has 7 heteroatoms. The number of H-pyrrole nitrogens is 1. The standard InChI is InChI=1S/C9H15N7/c1-3-4-16-7(5-12-15-16)8(10-2)9-11-6-13-14-9/h5-6,8,10H,3-4H2,1-2H3,(H,11,13,14). The van der Waals surface area contributed by atoms with Gasteiger partial charge in [-0.3, -0.25) is 5.10 Å². The Hall–Kier alpha value is -1.76. The summed E-state index contributed by atoms with van der Waals surface area (Å²) in [4.78, 5) is 4.15. The fraction of sp³-hybridized carbons (Fsp3) is 0.556. The molecule has 2 heterocycles. The van der Waals surface area contributed by atoms with Crippen molar-refractivity contribution < 1.29 is 0 Å². The maximum absolute atomic E-state index is 4.15. The van der Waals surface area contributed by atoms with E-state index in [-0.39, 0.29) is 6.04 Å². The lowest BCUT2D eigenvalue weighted by atomic mass is 10.2. The molecule has 0 aliphatic carbocycles. The maximum Gasteiger partial charge on any atom is 0.147 e. The van der Waals surface area contributed by atoms with Gasteiger partial charge in [0.1, 0.15) is 18.2 Å². The summed E-state index contributed by atoms with van der Waals surface area (Å²) in [5, 5.41) is 17.9. The monoisotopic (exact) mass is 221 g/mol. The summed E-state index contributed by atoms with van der Waals surface area (Å²) >= 11 is 0. The minimum Gasteiger partial charge on any atom is -0.305 e. The van der Waals surface area contributed by atoms with Gasteiger partial charge in [0.05, 0.1) is 11.9 Å². The van der Waals surface area contributed by atoms with Crippen LogP contribution in [-0.4, -0.2) is 37.2 Å². The smallest absolute Gasteiger partial charge is 0.147 e. The highest BCUT2D eigenvalue weighted by molar-refractivity contribution is 5.12. The Kier molecular flexibility index (Phi) is 3.25. The predicted molar refractivity (Wildman–Crippen MR) is 57.6 cm³/mol. The Morgan fingerprint density at radius 1 is 1.56 bits per heavy atom. The van der Waals surface area contributed by atoms with Gasteiger partial charge in [-0.05, 0) is 13.5 Å². The van der Waals surface area contributed by atoms with E-state index >= 15 is 0 Å². The third-order valence-electron chi connectivity index (χ3n) is 2.37. The molecule has 0 bridgehead atoms. The van der Waals surface area contributed by atoms with E-state index < -0.39 is 0 Å². The summed E-state index contributed by atoms with van der Waals surface area (Å²) in [6, 6.07) is -0.0518. The van der Waals surface area contributed by atoms with Gasteiger partial charge in [0.25, 0.3) is 0 Å². The Balaban J connectivity index is 2.30. The molecule has 2 N–H and O–H groups in total. The van der Waals surface area contributed by atoms with E-state index in [9.17, 15) is 0 Å². The van der Waals surface area contributed by atoms with Crippen molar-refractivity contribution in [3.63, 3.8) is 0 Å². The second-order valence-electron chi connectivity index (χ2n) is 3.47. The van der Waals surface area contributed by atoms with Crippen LogP contribution in [0.15, 0.2) is 12.5 Å². The van der Waals surface area contributed by atoms with E-state index in [0.29, 0.717) is 0 Å². The van der Waals surface area contributed by atoms with Gasteiger partial charge in [0.2, 0.25) is 0 Å². The van der Waals surface area contributed by atoms with Crippen molar-refractivity contribution in [2.24, 2.45) is 0 Å². The van der Waals surface area contributed by atoms with Gasteiger partial charge < -0.3 is 5.32 Å². The van der Waals surface area contributed by atoms with Gasteiger partial charge in [-0.25, -0.2) is 9.67 Å². The zero-order valence-electron chi connectivity index (χ0n) is 9.38. The lowest BCUT2D eigenvalue weighted by molar-refractivity contribution is 0.514. The van der Waals surface area contributed by atoms with Gasteiger partial charge >= 0.3 is 0 Å². The topological polar surface area (TPSA) is 84.3 Å². The van der Waals surface area contributed by atoms with E-state index in [2.05, 4.69) is 37.7 Å². The lowest BCUT2D eigenvalue weighted by Gasteiger charge is -2.13. The fourth-order valence-corrected chi connectivity index (χ4v) is 1.65. The first-order chi connectivity index (χ1) is 7.86. The molecule has 2 aromatic heterocycles. The molecule has 0 radical (unpaired) electrons. The highest BCUT2D eigenvalue weighted by Crippen LogP contribution is 2.16. The summed E-state index contributed by atoms with van der Waals surface area (Å²) in [5.41, 5.74) is 0.987. The zero-order valence-corrected chi connectivity index (χ0v) is 9.38. The van der Waals surface area contributed by atoms with Gasteiger partial charge in [-0.2, -0.15) is 5.10 Å². The highest BCUT2D eigenvalue weighted by atomic mass is 15.4.